The van der Waals surface area contributed by atoms with Gasteiger partial charge in [0.2, 0.25) is 0 Å². The predicted octanol–water partition coefficient (Wildman–Crippen LogP) is 4.30. The number of para-hydroxylation sites is 1. The topological polar surface area (TPSA) is 69.1 Å². The molecule has 2 aromatic carbocycles. The van der Waals surface area contributed by atoms with E-state index < -0.39 is 0 Å². The van der Waals surface area contributed by atoms with Gasteiger partial charge in [-0.15, -0.1) is 24.0 Å². The second-order valence-electron chi connectivity index (χ2n) is 7.70. The lowest BCUT2D eigenvalue weighted by Crippen LogP contribution is -2.49. The van der Waals surface area contributed by atoms with E-state index in [2.05, 4.69) is 64.7 Å². The monoisotopic (exact) mass is 538 g/mol. The lowest BCUT2D eigenvalue weighted by molar-refractivity contribution is 0.158. The van der Waals surface area contributed by atoms with Gasteiger partial charge in [-0.2, -0.15) is 0 Å². The molecule has 1 saturated heterocycles. The van der Waals surface area contributed by atoms with Gasteiger partial charge in [0.1, 0.15) is 0 Å². The summed E-state index contributed by atoms with van der Waals surface area (Å²) in [7, 11) is 1.55. The molecule has 0 saturated carbocycles. The number of aromatic hydroxyl groups is 1. The smallest absolute Gasteiger partial charge is 0.191 e. The fraction of sp³-hybridized carbons (Fsp3) is 0.458. The molecule has 170 valence electrons. The highest BCUT2D eigenvalue weighted by atomic mass is 127. The SMILES string of the molecule is CCNC(=NCc1cccc(OC)c1O)NC1CCN(C(C)c2ccccc2)CC1.I. The van der Waals surface area contributed by atoms with Crippen molar-refractivity contribution in [2.75, 3.05) is 26.7 Å². The summed E-state index contributed by atoms with van der Waals surface area (Å²) in [5.74, 6) is 1.41. The number of piperidine rings is 1. The minimum absolute atomic E-state index is 0. The molecular formula is C24H35IN4O2. The highest BCUT2D eigenvalue weighted by Crippen LogP contribution is 2.29. The first kappa shape index (κ1) is 25.3. The van der Waals surface area contributed by atoms with Gasteiger partial charge in [0.25, 0.3) is 0 Å². The predicted molar refractivity (Wildman–Crippen MR) is 137 cm³/mol. The van der Waals surface area contributed by atoms with Crippen molar-refractivity contribution in [1.29, 1.82) is 0 Å². The fourth-order valence-electron chi connectivity index (χ4n) is 3.91. The number of nitrogens with zero attached hydrogens (tertiary/aromatic N) is 2. The number of nitrogens with one attached hydrogen (secondary N) is 2. The van der Waals surface area contributed by atoms with Crippen LogP contribution in [0, 0.1) is 0 Å². The summed E-state index contributed by atoms with van der Waals surface area (Å²) >= 11 is 0. The number of phenolic OH excluding ortho intramolecular Hbond substituents is 1. The Morgan fingerprint density at radius 3 is 2.52 bits per heavy atom. The van der Waals surface area contributed by atoms with E-state index in [0.29, 0.717) is 24.4 Å². The maximum absolute atomic E-state index is 10.3. The number of methoxy groups -OCH3 is 1. The van der Waals surface area contributed by atoms with Crippen molar-refractivity contribution in [1.82, 2.24) is 15.5 Å². The second kappa shape index (κ2) is 12.8. The average Bonchev–Trinajstić information content (AvgIpc) is 2.79. The summed E-state index contributed by atoms with van der Waals surface area (Å²) in [6, 6.07) is 17.0. The Bertz CT molecular complexity index is 824. The molecular weight excluding hydrogens is 503 g/mol. The Labute approximate surface area is 203 Å². The molecule has 1 aliphatic heterocycles. The molecule has 6 nitrogen and oxygen atoms in total. The van der Waals surface area contributed by atoms with Crippen LogP contribution in [0.4, 0.5) is 0 Å². The first-order valence-electron chi connectivity index (χ1n) is 10.8. The van der Waals surface area contributed by atoms with E-state index in [9.17, 15) is 5.11 Å². The van der Waals surface area contributed by atoms with E-state index in [0.717, 1.165) is 44.0 Å². The Morgan fingerprint density at radius 2 is 1.87 bits per heavy atom. The number of aliphatic imine (C=N–C) groups is 1. The van der Waals surface area contributed by atoms with Crippen molar-refractivity contribution in [2.24, 2.45) is 4.99 Å². The first-order chi connectivity index (χ1) is 14.6. The summed E-state index contributed by atoms with van der Waals surface area (Å²) in [5.41, 5.74) is 2.12. The normalized spacial score (nSPS) is 16.3. The van der Waals surface area contributed by atoms with Crippen LogP contribution in [-0.4, -0.2) is 48.8 Å². The van der Waals surface area contributed by atoms with Crippen LogP contribution in [0.25, 0.3) is 0 Å². The summed E-state index contributed by atoms with van der Waals surface area (Å²) in [6.45, 7) is 7.65. The molecule has 1 atom stereocenters. The molecule has 1 heterocycles. The van der Waals surface area contributed by atoms with Gasteiger partial charge in [-0.25, -0.2) is 4.99 Å². The molecule has 31 heavy (non-hydrogen) atoms. The number of hydrogen-bond donors (Lipinski definition) is 3. The third kappa shape index (κ3) is 7.00. The third-order valence-electron chi connectivity index (χ3n) is 5.75. The van der Waals surface area contributed by atoms with Gasteiger partial charge < -0.3 is 20.5 Å². The van der Waals surface area contributed by atoms with Crippen molar-refractivity contribution in [3.05, 3.63) is 59.7 Å². The van der Waals surface area contributed by atoms with E-state index in [4.69, 9.17) is 4.74 Å². The lowest BCUT2D eigenvalue weighted by atomic mass is 10.0. The van der Waals surface area contributed by atoms with E-state index in [1.54, 1.807) is 13.2 Å². The first-order valence-corrected chi connectivity index (χ1v) is 10.8. The number of halogens is 1. The maximum atomic E-state index is 10.3. The van der Waals surface area contributed by atoms with Crippen molar-refractivity contribution >= 4 is 29.9 Å². The molecule has 0 aromatic heterocycles. The molecule has 7 heteroatoms. The zero-order chi connectivity index (χ0) is 21.3. The van der Waals surface area contributed by atoms with Crippen LogP contribution in [0.3, 0.4) is 0 Å². The van der Waals surface area contributed by atoms with Gasteiger partial charge in [0.15, 0.2) is 17.5 Å². The van der Waals surface area contributed by atoms with Gasteiger partial charge >= 0.3 is 0 Å². The van der Waals surface area contributed by atoms with Crippen molar-refractivity contribution in [3.8, 4) is 11.5 Å². The van der Waals surface area contributed by atoms with E-state index in [-0.39, 0.29) is 29.7 Å². The molecule has 1 unspecified atom stereocenters. The Balaban J connectivity index is 0.00000341. The van der Waals surface area contributed by atoms with Crippen LogP contribution < -0.4 is 15.4 Å². The summed E-state index contributed by atoms with van der Waals surface area (Å²) in [5, 5.41) is 17.2. The molecule has 0 amide bonds. The molecule has 0 aliphatic carbocycles. The number of likely N-dealkylation sites (tertiary alicyclic amines) is 1. The summed E-state index contributed by atoms with van der Waals surface area (Å²) in [6.07, 6.45) is 2.15. The van der Waals surface area contributed by atoms with Crippen LogP contribution in [0.5, 0.6) is 11.5 Å². The molecule has 1 aliphatic rings. The molecule has 1 fully saturated rings. The van der Waals surface area contributed by atoms with Gasteiger partial charge in [-0.3, -0.25) is 4.90 Å². The fourth-order valence-corrected chi connectivity index (χ4v) is 3.91. The number of phenols is 1. The number of rotatable bonds is 7. The summed E-state index contributed by atoms with van der Waals surface area (Å²) in [4.78, 5) is 7.23. The zero-order valence-corrected chi connectivity index (χ0v) is 21.0. The zero-order valence-electron chi connectivity index (χ0n) is 18.7. The number of benzene rings is 2. The van der Waals surface area contributed by atoms with Crippen LogP contribution in [0.2, 0.25) is 0 Å². The third-order valence-corrected chi connectivity index (χ3v) is 5.75. The number of guanidine groups is 1. The Kier molecular flexibility index (Phi) is 10.4. The van der Waals surface area contributed by atoms with Crippen molar-refractivity contribution < 1.29 is 9.84 Å². The minimum atomic E-state index is 0. The molecule has 0 bridgehead atoms. The van der Waals surface area contributed by atoms with Crippen LogP contribution in [-0.2, 0) is 6.54 Å². The van der Waals surface area contributed by atoms with Gasteiger partial charge in [-0.05, 0) is 38.3 Å². The maximum Gasteiger partial charge on any atom is 0.191 e. The molecule has 3 N–H and O–H groups in total. The number of ether oxygens (including phenoxy) is 1. The molecule has 2 aromatic rings. The van der Waals surface area contributed by atoms with Crippen molar-refractivity contribution in [3.63, 3.8) is 0 Å². The quantitative estimate of drug-likeness (QED) is 0.279. The van der Waals surface area contributed by atoms with E-state index in [1.807, 2.05) is 12.1 Å². The van der Waals surface area contributed by atoms with E-state index >= 15 is 0 Å². The highest BCUT2D eigenvalue weighted by Gasteiger charge is 2.24. The minimum Gasteiger partial charge on any atom is -0.504 e. The standard InChI is InChI=1S/C24H34N4O2.HI/c1-4-25-24(26-17-20-11-8-12-22(30-3)23(20)29)27-21-13-15-28(16-14-21)18(2)19-9-6-5-7-10-19;/h5-12,18,21,29H,4,13-17H2,1-3H3,(H2,25,26,27);1H. The Hall–Kier alpha value is -2.00. The van der Waals surface area contributed by atoms with Gasteiger partial charge in [0.05, 0.1) is 13.7 Å². The largest absolute Gasteiger partial charge is 0.504 e. The Morgan fingerprint density at radius 1 is 1.16 bits per heavy atom. The number of hydrogen-bond acceptors (Lipinski definition) is 4. The van der Waals surface area contributed by atoms with Crippen LogP contribution in [0.15, 0.2) is 53.5 Å². The van der Waals surface area contributed by atoms with E-state index in [1.165, 1.54) is 5.56 Å². The highest BCUT2D eigenvalue weighted by molar-refractivity contribution is 14.0. The summed E-state index contributed by atoms with van der Waals surface area (Å²) < 4.78 is 5.19. The van der Waals surface area contributed by atoms with Crippen LogP contribution >= 0.6 is 24.0 Å². The van der Waals surface area contributed by atoms with Crippen molar-refractivity contribution in [2.45, 2.75) is 45.3 Å². The molecule has 0 spiro atoms. The average molecular weight is 538 g/mol. The van der Waals surface area contributed by atoms with Crippen LogP contribution in [0.1, 0.15) is 43.9 Å². The van der Waals surface area contributed by atoms with Gasteiger partial charge in [0, 0.05) is 37.3 Å². The lowest BCUT2D eigenvalue weighted by Gasteiger charge is -2.37. The van der Waals surface area contributed by atoms with Gasteiger partial charge in [-0.1, -0.05) is 42.5 Å². The molecule has 3 rings (SSSR count). The second-order valence-corrected chi connectivity index (χ2v) is 7.70. The molecule has 0 radical (unpaired) electrons.